The molecule has 13 heteroatoms. The zero-order chi connectivity index (χ0) is 33.5. The van der Waals surface area contributed by atoms with Crippen molar-refractivity contribution in [3.63, 3.8) is 0 Å². The first-order valence-corrected chi connectivity index (χ1v) is 14.0. The van der Waals surface area contributed by atoms with Crippen LogP contribution in [0.5, 0.6) is 0 Å². The van der Waals surface area contributed by atoms with Gasteiger partial charge in [-0.05, 0) is 68.1 Å². The molecule has 1 fully saturated rings. The fraction of sp³-hybridized carbons (Fsp3) is 0.406. The summed E-state index contributed by atoms with van der Waals surface area (Å²) in [6, 6.07) is 9.70. The van der Waals surface area contributed by atoms with E-state index in [9.17, 15) is 41.0 Å². The number of benzene rings is 2. The van der Waals surface area contributed by atoms with Crippen molar-refractivity contribution in [2.24, 2.45) is 0 Å². The topological polar surface area (TPSA) is 83.0 Å². The average Bonchev–Trinajstić information content (AvgIpc) is 3.34. The van der Waals surface area contributed by atoms with Crippen LogP contribution in [0.25, 0.3) is 11.1 Å². The molecule has 2 heterocycles. The number of aromatic nitrogens is 1. The maximum atomic E-state index is 14.0. The van der Waals surface area contributed by atoms with E-state index in [4.69, 9.17) is 4.74 Å². The summed E-state index contributed by atoms with van der Waals surface area (Å²) in [7, 11) is 1.38. The van der Waals surface area contributed by atoms with Crippen LogP contribution in [-0.4, -0.2) is 54.3 Å². The van der Waals surface area contributed by atoms with Crippen LogP contribution in [0.3, 0.4) is 0 Å². The molecule has 45 heavy (non-hydrogen) atoms. The fourth-order valence-corrected chi connectivity index (χ4v) is 5.46. The van der Waals surface area contributed by atoms with Crippen LogP contribution in [0.2, 0.25) is 0 Å². The Morgan fingerprint density at radius 3 is 2.11 bits per heavy atom. The third-order valence-electron chi connectivity index (χ3n) is 7.98. The Morgan fingerprint density at radius 1 is 0.978 bits per heavy atom. The number of esters is 1. The number of hydrogen-bond acceptors (Lipinski definition) is 6. The van der Waals surface area contributed by atoms with Crippen LogP contribution in [0.1, 0.15) is 49.4 Å². The van der Waals surface area contributed by atoms with Crippen molar-refractivity contribution in [1.82, 2.24) is 4.98 Å². The number of carbonyl (C=O) groups excluding carboxylic acids is 2. The first-order valence-electron chi connectivity index (χ1n) is 14.0. The molecule has 0 aliphatic carbocycles. The molecule has 0 bridgehead atoms. The smallest absolute Gasteiger partial charge is 0.416 e. The monoisotopic (exact) mass is 637 g/mol. The lowest BCUT2D eigenvalue weighted by Crippen LogP contribution is -2.42. The van der Waals surface area contributed by atoms with E-state index in [1.807, 2.05) is 19.1 Å². The van der Waals surface area contributed by atoms with Crippen molar-refractivity contribution < 1.29 is 45.8 Å². The number of aryl methyl sites for hydroxylation is 1. The standard InChI is InChI=1S/C32H33F6N3O4/c1-18-8-6-7-9-25(18)26-14-28(41-16-24(43)13-23(41)17-45-19(2)42)39-15-27(26)40(5)29(44)30(3,4)20-10-21(31(33,34)35)12-22(11-20)32(36,37)38/h6-12,14-15,23-24,43H,13,16-17H2,1-5H3/t23-,24-/m0/s1. The molecule has 3 aromatic rings. The van der Waals surface area contributed by atoms with E-state index in [-0.39, 0.29) is 30.9 Å². The van der Waals surface area contributed by atoms with Crippen LogP contribution in [0.15, 0.2) is 54.7 Å². The van der Waals surface area contributed by atoms with Crippen molar-refractivity contribution >= 4 is 23.4 Å². The number of halogens is 6. The number of aliphatic hydroxyl groups excluding tert-OH is 1. The van der Waals surface area contributed by atoms with Crippen molar-refractivity contribution in [2.75, 3.05) is 30.0 Å². The van der Waals surface area contributed by atoms with Gasteiger partial charge in [0.1, 0.15) is 12.4 Å². The first kappa shape index (κ1) is 33.8. The summed E-state index contributed by atoms with van der Waals surface area (Å²) >= 11 is 0. The van der Waals surface area contributed by atoms with E-state index in [0.717, 1.165) is 5.56 Å². The van der Waals surface area contributed by atoms with Gasteiger partial charge in [0.2, 0.25) is 5.91 Å². The molecule has 1 amide bonds. The largest absolute Gasteiger partial charge is 0.464 e. The second-order valence-corrected chi connectivity index (χ2v) is 11.7. The van der Waals surface area contributed by atoms with Gasteiger partial charge < -0.3 is 19.6 Å². The minimum Gasteiger partial charge on any atom is -0.464 e. The Morgan fingerprint density at radius 2 is 1.56 bits per heavy atom. The number of aliphatic hydroxyl groups is 1. The van der Waals surface area contributed by atoms with Crippen molar-refractivity contribution in [1.29, 1.82) is 0 Å². The number of pyridine rings is 1. The molecule has 1 aliphatic rings. The van der Waals surface area contributed by atoms with Gasteiger partial charge >= 0.3 is 18.3 Å². The number of ether oxygens (including phenoxy) is 1. The third kappa shape index (κ3) is 7.24. The molecule has 2 aromatic carbocycles. The van der Waals surface area contributed by atoms with Gasteiger partial charge in [0.25, 0.3) is 0 Å². The minimum atomic E-state index is -5.07. The quantitative estimate of drug-likeness (QED) is 0.234. The number of amides is 1. The highest BCUT2D eigenvalue weighted by atomic mass is 19.4. The Kier molecular flexibility index (Phi) is 9.26. The van der Waals surface area contributed by atoms with E-state index in [0.29, 0.717) is 35.5 Å². The summed E-state index contributed by atoms with van der Waals surface area (Å²) in [6.45, 7) is 5.86. The molecule has 0 unspecified atom stereocenters. The molecule has 1 aromatic heterocycles. The van der Waals surface area contributed by atoms with Gasteiger partial charge in [-0.3, -0.25) is 9.59 Å². The molecule has 0 saturated carbocycles. The summed E-state index contributed by atoms with van der Waals surface area (Å²) < 4.78 is 86.9. The normalized spacial score (nSPS) is 17.4. The number of nitrogens with zero attached hydrogens (tertiary/aromatic N) is 3. The van der Waals surface area contributed by atoms with E-state index in [2.05, 4.69) is 4.98 Å². The van der Waals surface area contributed by atoms with E-state index < -0.39 is 52.4 Å². The van der Waals surface area contributed by atoms with E-state index in [1.54, 1.807) is 23.1 Å². The van der Waals surface area contributed by atoms with Crippen LogP contribution >= 0.6 is 0 Å². The van der Waals surface area contributed by atoms with Crippen LogP contribution in [-0.2, 0) is 32.1 Å². The van der Waals surface area contributed by atoms with Gasteiger partial charge in [-0.15, -0.1) is 0 Å². The van der Waals surface area contributed by atoms with Gasteiger partial charge in [-0.1, -0.05) is 24.3 Å². The second-order valence-electron chi connectivity index (χ2n) is 11.7. The molecule has 7 nitrogen and oxygen atoms in total. The van der Waals surface area contributed by atoms with Crippen molar-refractivity contribution in [3.05, 3.63) is 77.0 Å². The maximum absolute atomic E-state index is 14.0. The molecule has 242 valence electrons. The number of anilines is 2. The van der Waals surface area contributed by atoms with Gasteiger partial charge in [0, 0.05) is 26.1 Å². The molecule has 0 radical (unpaired) electrons. The van der Waals surface area contributed by atoms with Gasteiger partial charge in [-0.2, -0.15) is 26.3 Å². The van der Waals surface area contributed by atoms with E-state index >= 15 is 0 Å². The van der Waals surface area contributed by atoms with Crippen LogP contribution < -0.4 is 9.80 Å². The number of β-amino-alcohol motifs (C(OH)–C–C–N with tert-alkyl or cyclic N) is 1. The molecule has 0 spiro atoms. The predicted molar refractivity (Wildman–Crippen MR) is 156 cm³/mol. The number of hydrogen-bond donors (Lipinski definition) is 1. The summed E-state index contributed by atoms with van der Waals surface area (Å²) in [4.78, 5) is 32.9. The van der Waals surface area contributed by atoms with Crippen molar-refractivity contribution in [2.45, 2.75) is 64.0 Å². The highest BCUT2D eigenvalue weighted by Gasteiger charge is 2.41. The summed E-state index contributed by atoms with van der Waals surface area (Å²) in [6.07, 6.45) is -9.15. The highest BCUT2D eigenvalue weighted by Crippen LogP contribution is 2.41. The molecule has 4 rings (SSSR count). The lowest BCUT2D eigenvalue weighted by molar-refractivity contribution is -0.144. The van der Waals surface area contributed by atoms with Crippen LogP contribution in [0, 0.1) is 6.92 Å². The summed E-state index contributed by atoms with van der Waals surface area (Å²) in [5, 5.41) is 10.4. The fourth-order valence-electron chi connectivity index (χ4n) is 5.46. The van der Waals surface area contributed by atoms with Crippen LogP contribution in [0.4, 0.5) is 37.8 Å². The summed E-state index contributed by atoms with van der Waals surface area (Å²) in [5.41, 5.74) is -3.03. The molecule has 2 atom stereocenters. The maximum Gasteiger partial charge on any atom is 0.416 e. The Hall–Kier alpha value is -4.13. The molecule has 1 aliphatic heterocycles. The molecule has 1 N–H and O–H groups in total. The number of alkyl halides is 6. The molecular weight excluding hydrogens is 604 g/mol. The van der Waals surface area contributed by atoms with Gasteiger partial charge in [-0.25, -0.2) is 4.98 Å². The lowest BCUT2D eigenvalue weighted by atomic mass is 9.81. The third-order valence-corrected chi connectivity index (χ3v) is 7.98. The van der Waals surface area contributed by atoms with E-state index in [1.165, 1.54) is 38.9 Å². The first-order chi connectivity index (χ1) is 20.8. The predicted octanol–water partition coefficient (Wildman–Crippen LogP) is 6.54. The summed E-state index contributed by atoms with van der Waals surface area (Å²) in [5.74, 6) is -0.840. The Bertz CT molecular complexity index is 1560. The zero-order valence-corrected chi connectivity index (χ0v) is 25.3. The minimum absolute atomic E-state index is 0.0129. The Labute approximate surface area is 256 Å². The highest BCUT2D eigenvalue weighted by molar-refractivity contribution is 6.03. The van der Waals surface area contributed by atoms with Gasteiger partial charge in [0.05, 0.1) is 40.6 Å². The second kappa shape index (κ2) is 12.3. The lowest BCUT2D eigenvalue weighted by Gasteiger charge is -2.32. The number of rotatable bonds is 7. The number of likely N-dealkylation sites (N-methyl/N-ethyl adjacent to an activating group) is 1. The van der Waals surface area contributed by atoms with Crippen molar-refractivity contribution in [3.8, 4) is 11.1 Å². The SMILES string of the molecule is CC(=O)OC[C@@H]1C[C@H](O)CN1c1cc(-c2ccccc2C)c(N(C)C(=O)C(C)(C)c2cc(C(F)(F)F)cc(C(F)(F)F)c2)cn1. The number of carbonyl (C=O) groups is 2. The Balaban J connectivity index is 1.80. The molecular formula is C32H33F6N3O4. The molecule has 1 saturated heterocycles. The van der Waals surface area contributed by atoms with Gasteiger partial charge in [0.15, 0.2) is 0 Å². The zero-order valence-electron chi connectivity index (χ0n) is 25.3. The average molecular weight is 638 g/mol.